The van der Waals surface area contributed by atoms with Crippen molar-refractivity contribution in [3.05, 3.63) is 41.0 Å². The zero-order valence-electron chi connectivity index (χ0n) is 15.5. The summed E-state index contributed by atoms with van der Waals surface area (Å²) in [4.78, 5) is 2.87. The second kappa shape index (κ2) is 8.02. The largest absolute Gasteiger partial charge is 0.300 e. The molecule has 1 fully saturated rings. The molecule has 0 radical (unpaired) electrons. The van der Waals surface area contributed by atoms with Gasteiger partial charge < -0.3 is 4.90 Å². The molecule has 4 nitrogen and oxygen atoms in total. The van der Waals surface area contributed by atoms with E-state index in [1.807, 2.05) is 26.0 Å². The lowest BCUT2D eigenvalue weighted by Crippen LogP contribution is -2.48. The second-order valence-corrected chi connectivity index (χ2v) is 9.28. The maximum Gasteiger partial charge on any atom is 0.243 e. The summed E-state index contributed by atoms with van der Waals surface area (Å²) >= 11 is 0. The van der Waals surface area contributed by atoms with Crippen LogP contribution in [0.5, 0.6) is 0 Å². The molecular formula is C20H30N2O2S. The lowest BCUT2D eigenvalue weighted by atomic mass is 9.97. The molecule has 0 spiro atoms. The van der Waals surface area contributed by atoms with Gasteiger partial charge in [0.25, 0.3) is 0 Å². The van der Waals surface area contributed by atoms with E-state index < -0.39 is 10.0 Å². The fourth-order valence-corrected chi connectivity index (χ4v) is 5.48. The molecule has 0 saturated carbocycles. The van der Waals surface area contributed by atoms with E-state index in [4.69, 9.17) is 0 Å². The molecule has 2 aliphatic rings. The van der Waals surface area contributed by atoms with Crippen molar-refractivity contribution in [3.8, 4) is 0 Å². The molecule has 1 aliphatic carbocycles. The molecule has 3 rings (SSSR count). The first-order chi connectivity index (χ1) is 12.0. The number of hydrogen-bond acceptors (Lipinski definition) is 3. The Kier molecular flexibility index (Phi) is 5.97. The van der Waals surface area contributed by atoms with Crippen LogP contribution in [0.1, 0.15) is 43.2 Å². The van der Waals surface area contributed by atoms with E-state index in [9.17, 15) is 8.42 Å². The van der Waals surface area contributed by atoms with Crippen LogP contribution >= 0.6 is 0 Å². The third-order valence-corrected chi connectivity index (χ3v) is 7.47. The van der Waals surface area contributed by atoms with Crippen molar-refractivity contribution in [1.82, 2.24) is 9.21 Å². The van der Waals surface area contributed by atoms with Crippen LogP contribution in [-0.4, -0.2) is 50.3 Å². The first-order valence-electron chi connectivity index (χ1n) is 9.44. The Bertz CT molecular complexity index is 732. The maximum absolute atomic E-state index is 13.0. The van der Waals surface area contributed by atoms with Crippen molar-refractivity contribution in [1.29, 1.82) is 0 Å². The number of rotatable bonds is 5. The molecule has 1 aromatic rings. The molecule has 1 aliphatic heterocycles. The standard InChI is InChI=1S/C20H30N2O2S/c1-17-8-9-18(2)20(16-17)25(23,24)22-14-12-21(13-15-22)11-10-19-6-4-3-5-7-19/h6,8-9,16H,3-5,7,10-15H2,1-2H3. The van der Waals surface area contributed by atoms with Gasteiger partial charge in [0, 0.05) is 32.7 Å². The monoisotopic (exact) mass is 362 g/mol. The highest BCUT2D eigenvalue weighted by atomic mass is 32.2. The molecule has 1 saturated heterocycles. The van der Waals surface area contributed by atoms with Gasteiger partial charge in [-0.25, -0.2) is 8.42 Å². The zero-order chi connectivity index (χ0) is 17.9. The Labute approximate surface area is 152 Å². The molecule has 0 bridgehead atoms. The Hall–Kier alpha value is -1.17. The van der Waals surface area contributed by atoms with Gasteiger partial charge in [-0.2, -0.15) is 4.31 Å². The topological polar surface area (TPSA) is 40.6 Å². The third-order valence-electron chi connectivity index (χ3n) is 5.43. The number of benzene rings is 1. The van der Waals surface area contributed by atoms with Gasteiger partial charge in [0.2, 0.25) is 10.0 Å². The highest BCUT2D eigenvalue weighted by Crippen LogP contribution is 2.23. The van der Waals surface area contributed by atoms with Crippen LogP contribution < -0.4 is 0 Å². The number of nitrogens with zero attached hydrogens (tertiary/aromatic N) is 2. The molecule has 1 heterocycles. The lowest BCUT2D eigenvalue weighted by molar-refractivity contribution is 0.189. The molecular weight excluding hydrogens is 332 g/mol. The van der Waals surface area contributed by atoms with Crippen LogP contribution in [0, 0.1) is 13.8 Å². The van der Waals surface area contributed by atoms with Crippen molar-refractivity contribution < 1.29 is 8.42 Å². The molecule has 138 valence electrons. The number of sulfonamides is 1. The summed E-state index contributed by atoms with van der Waals surface area (Å²) in [5.41, 5.74) is 3.41. The molecule has 0 unspecified atom stereocenters. The van der Waals surface area contributed by atoms with E-state index in [1.54, 1.807) is 15.9 Å². The summed E-state index contributed by atoms with van der Waals surface area (Å²) in [6.07, 6.45) is 8.69. The summed E-state index contributed by atoms with van der Waals surface area (Å²) in [6.45, 7) is 7.72. The maximum atomic E-state index is 13.0. The van der Waals surface area contributed by atoms with E-state index >= 15 is 0 Å². The molecule has 0 aromatic heterocycles. The van der Waals surface area contributed by atoms with Gasteiger partial charge in [0.15, 0.2) is 0 Å². The van der Waals surface area contributed by atoms with Crippen molar-refractivity contribution in [2.75, 3.05) is 32.7 Å². The predicted octanol–water partition coefficient (Wildman–Crippen LogP) is 3.50. The number of aryl methyl sites for hydroxylation is 2. The fraction of sp³-hybridized carbons (Fsp3) is 0.600. The second-order valence-electron chi connectivity index (χ2n) is 7.37. The van der Waals surface area contributed by atoms with E-state index in [1.165, 1.54) is 25.7 Å². The molecule has 1 aromatic carbocycles. The third kappa shape index (κ3) is 4.52. The highest BCUT2D eigenvalue weighted by molar-refractivity contribution is 7.89. The average Bonchev–Trinajstić information content (AvgIpc) is 2.63. The smallest absolute Gasteiger partial charge is 0.243 e. The van der Waals surface area contributed by atoms with Gasteiger partial charge in [-0.3, -0.25) is 0 Å². The number of piperazine rings is 1. The molecule has 0 atom stereocenters. The summed E-state index contributed by atoms with van der Waals surface area (Å²) in [5.74, 6) is 0. The Balaban J connectivity index is 1.57. The Morgan fingerprint density at radius 1 is 1.04 bits per heavy atom. The van der Waals surface area contributed by atoms with Crippen molar-refractivity contribution in [2.45, 2.75) is 50.8 Å². The lowest BCUT2D eigenvalue weighted by Gasteiger charge is -2.34. The quantitative estimate of drug-likeness (QED) is 0.753. The fourth-order valence-electron chi connectivity index (χ4n) is 3.75. The summed E-state index contributed by atoms with van der Waals surface area (Å²) < 4.78 is 27.6. The van der Waals surface area contributed by atoms with Gasteiger partial charge >= 0.3 is 0 Å². The number of allylic oxidation sites excluding steroid dienone is 1. The minimum Gasteiger partial charge on any atom is -0.300 e. The molecule has 25 heavy (non-hydrogen) atoms. The van der Waals surface area contributed by atoms with Crippen LogP contribution in [0.15, 0.2) is 34.7 Å². The van der Waals surface area contributed by atoms with Crippen LogP contribution in [0.4, 0.5) is 0 Å². The van der Waals surface area contributed by atoms with Crippen LogP contribution in [0.3, 0.4) is 0 Å². The van der Waals surface area contributed by atoms with Crippen molar-refractivity contribution >= 4 is 10.0 Å². The highest BCUT2D eigenvalue weighted by Gasteiger charge is 2.29. The van der Waals surface area contributed by atoms with Gasteiger partial charge in [-0.1, -0.05) is 23.8 Å². The molecule has 0 amide bonds. The van der Waals surface area contributed by atoms with E-state index in [0.29, 0.717) is 18.0 Å². The van der Waals surface area contributed by atoms with Crippen molar-refractivity contribution in [3.63, 3.8) is 0 Å². The summed E-state index contributed by atoms with van der Waals surface area (Å²) in [5, 5.41) is 0. The summed E-state index contributed by atoms with van der Waals surface area (Å²) in [7, 11) is -3.38. The van der Waals surface area contributed by atoms with Crippen LogP contribution in [-0.2, 0) is 10.0 Å². The van der Waals surface area contributed by atoms with E-state index in [0.717, 1.165) is 37.2 Å². The molecule has 0 N–H and O–H groups in total. The SMILES string of the molecule is Cc1ccc(C)c(S(=O)(=O)N2CCN(CCC3=CCCCC3)CC2)c1. The normalized spacial score (nSPS) is 20.5. The first kappa shape index (κ1) is 18.6. The first-order valence-corrected chi connectivity index (χ1v) is 10.9. The van der Waals surface area contributed by atoms with Crippen molar-refractivity contribution in [2.24, 2.45) is 0 Å². The van der Waals surface area contributed by atoms with E-state index in [-0.39, 0.29) is 0 Å². The minimum absolute atomic E-state index is 0.466. The van der Waals surface area contributed by atoms with Gasteiger partial charge in [0.05, 0.1) is 4.90 Å². The Morgan fingerprint density at radius 2 is 1.80 bits per heavy atom. The van der Waals surface area contributed by atoms with Crippen LogP contribution in [0.25, 0.3) is 0 Å². The Morgan fingerprint density at radius 3 is 2.48 bits per heavy atom. The summed E-state index contributed by atoms with van der Waals surface area (Å²) in [6, 6.07) is 5.66. The van der Waals surface area contributed by atoms with E-state index in [2.05, 4.69) is 11.0 Å². The molecule has 5 heteroatoms. The van der Waals surface area contributed by atoms with Gasteiger partial charge in [-0.15, -0.1) is 0 Å². The zero-order valence-corrected chi connectivity index (χ0v) is 16.3. The minimum atomic E-state index is -3.38. The average molecular weight is 363 g/mol. The number of hydrogen-bond donors (Lipinski definition) is 0. The van der Waals surface area contributed by atoms with Gasteiger partial charge in [-0.05, 0) is 63.1 Å². The van der Waals surface area contributed by atoms with Crippen LogP contribution in [0.2, 0.25) is 0 Å². The van der Waals surface area contributed by atoms with Gasteiger partial charge in [0.1, 0.15) is 0 Å². The predicted molar refractivity (Wildman–Crippen MR) is 102 cm³/mol.